The summed E-state index contributed by atoms with van der Waals surface area (Å²) < 4.78 is 24.1. The number of hydrogen-bond acceptors (Lipinski definition) is 6. The molecule has 4 rings (SSSR count). The lowest BCUT2D eigenvalue weighted by atomic mass is 10.1. The molecule has 0 saturated carbocycles. The standard InChI is InChI=1S/C28H26N2O6/c1-33-22-13-10-19(11-14-22)12-15-26(31)30-23(18-29(28(30)32)21-8-6-5-7-9-21)20-16-24(34-2)27(36-4)25(17-20)35-3/h5-18H,1-4H3/b15-12+. The minimum atomic E-state index is -0.505. The average Bonchev–Trinajstić information content (AvgIpc) is 3.28. The Morgan fingerprint density at radius 2 is 1.44 bits per heavy atom. The van der Waals surface area contributed by atoms with Crippen LogP contribution in [0.3, 0.4) is 0 Å². The first-order chi connectivity index (χ1) is 17.5. The molecule has 0 aliphatic heterocycles. The third-order valence-electron chi connectivity index (χ3n) is 5.64. The van der Waals surface area contributed by atoms with Crippen molar-refractivity contribution >= 4 is 12.0 Å². The number of hydrogen-bond donors (Lipinski definition) is 0. The summed E-state index contributed by atoms with van der Waals surface area (Å²) >= 11 is 0. The predicted molar refractivity (Wildman–Crippen MR) is 138 cm³/mol. The van der Waals surface area contributed by atoms with Crippen molar-refractivity contribution in [2.75, 3.05) is 28.4 Å². The smallest absolute Gasteiger partial charge is 0.340 e. The first kappa shape index (κ1) is 24.4. The summed E-state index contributed by atoms with van der Waals surface area (Å²) in [7, 11) is 6.11. The SMILES string of the molecule is COc1ccc(/C=C/C(=O)n2c(-c3cc(OC)c(OC)c(OC)c3)cn(-c3ccccc3)c2=O)cc1. The van der Waals surface area contributed by atoms with Gasteiger partial charge in [-0.3, -0.25) is 9.36 Å². The van der Waals surface area contributed by atoms with Crippen LogP contribution in [0.25, 0.3) is 23.0 Å². The van der Waals surface area contributed by atoms with Gasteiger partial charge in [-0.2, -0.15) is 0 Å². The van der Waals surface area contributed by atoms with Crippen molar-refractivity contribution in [1.29, 1.82) is 0 Å². The number of benzene rings is 3. The van der Waals surface area contributed by atoms with Crippen molar-refractivity contribution in [3.8, 4) is 39.9 Å². The summed E-state index contributed by atoms with van der Waals surface area (Å²) in [5.41, 5.74) is 1.82. The Bertz CT molecular complexity index is 1420. The Kier molecular flexibility index (Phi) is 7.25. The van der Waals surface area contributed by atoms with E-state index >= 15 is 0 Å². The highest BCUT2D eigenvalue weighted by atomic mass is 16.5. The van der Waals surface area contributed by atoms with E-state index in [1.165, 1.54) is 32.0 Å². The van der Waals surface area contributed by atoms with E-state index in [-0.39, 0.29) is 0 Å². The largest absolute Gasteiger partial charge is 0.497 e. The van der Waals surface area contributed by atoms with Crippen LogP contribution in [0.4, 0.5) is 0 Å². The molecule has 8 nitrogen and oxygen atoms in total. The van der Waals surface area contributed by atoms with E-state index in [0.29, 0.717) is 39.9 Å². The van der Waals surface area contributed by atoms with Crippen molar-refractivity contribution in [1.82, 2.24) is 9.13 Å². The van der Waals surface area contributed by atoms with Gasteiger partial charge in [-0.1, -0.05) is 30.3 Å². The Morgan fingerprint density at radius 1 is 0.806 bits per heavy atom. The number of aromatic nitrogens is 2. The summed E-state index contributed by atoms with van der Waals surface area (Å²) in [6, 6.07) is 19.7. The molecule has 0 N–H and O–H groups in total. The van der Waals surface area contributed by atoms with Crippen LogP contribution in [0.5, 0.6) is 23.0 Å². The molecule has 0 aliphatic rings. The summed E-state index contributed by atoms with van der Waals surface area (Å²) in [5, 5.41) is 0. The highest BCUT2D eigenvalue weighted by Crippen LogP contribution is 2.41. The van der Waals surface area contributed by atoms with E-state index in [9.17, 15) is 9.59 Å². The molecule has 0 saturated heterocycles. The van der Waals surface area contributed by atoms with Gasteiger partial charge in [0.15, 0.2) is 11.5 Å². The van der Waals surface area contributed by atoms with Crippen LogP contribution in [0.1, 0.15) is 10.4 Å². The summed E-state index contributed by atoms with van der Waals surface area (Å²) in [4.78, 5) is 26.9. The highest BCUT2D eigenvalue weighted by molar-refractivity contribution is 5.96. The van der Waals surface area contributed by atoms with Crippen molar-refractivity contribution in [2.45, 2.75) is 0 Å². The van der Waals surface area contributed by atoms with Crippen molar-refractivity contribution in [3.63, 3.8) is 0 Å². The van der Waals surface area contributed by atoms with Gasteiger partial charge in [-0.15, -0.1) is 0 Å². The van der Waals surface area contributed by atoms with Crippen molar-refractivity contribution in [3.05, 3.63) is 95.1 Å². The van der Waals surface area contributed by atoms with E-state index < -0.39 is 11.6 Å². The van der Waals surface area contributed by atoms with Gasteiger partial charge in [0.05, 0.1) is 39.8 Å². The van der Waals surface area contributed by atoms with Crippen molar-refractivity contribution < 1.29 is 23.7 Å². The normalized spacial score (nSPS) is 10.9. The number of nitrogens with zero attached hydrogens (tertiary/aromatic N) is 2. The number of ether oxygens (including phenoxy) is 4. The van der Waals surface area contributed by atoms with E-state index in [4.69, 9.17) is 18.9 Å². The third-order valence-corrected chi connectivity index (χ3v) is 5.64. The number of rotatable bonds is 8. The van der Waals surface area contributed by atoms with E-state index in [1.54, 1.807) is 55.8 Å². The van der Waals surface area contributed by atoms with Gasteiger partial charge >= 0.3 is 5.69 Å². The van der Waals surface area contributed by atoms with Gasteiger partial charge in [0.25, 0.3) is 5.91 Å². The minimum Gasteiger partial charge on any atom is -0.497 e. The molecule has 0 spiro atoms. The topological polar surface area (TPSA) is 80.9 Å². The highest BCUT2D eigenvalue weighted by Gasteiger charge is 2.22. The monoisotopic (exact) mass is 486 g/mol. The summed E-state index contributed by atoms with van der Waals surface area (Å²) in [6.07, 6.45) is 4.63. The maximum atomic E-state index is 13.5. The van der Waals surface area contributed by atoms with Crippen LogP contribution in [-0.2, 0) is 0 Å². The molecule has 184 valence electrons. The van der Waals surface area contributed by atoms with Gasteiger partial charge in [-0.25, -0.2) is 9.36 Å². The van der Waals surface area contributed by atoms with Crippen molar-refractivity contribution in [2.24, 2.45) is 0 Å². The molecule has 3 aromatic carbocycles. The van der Waals surface area contributed by atoms with Gasteiger partial charge in [0.2, 0.25) is 5.75 Å². The molecule has 1 aromatic heterocycles. The zero-order valence-electron chi connectivity index (χ0n) is 20.4. The number of imidazole rings is 1. The van der Waals surface area contributed by atoms with Gasteiger partial charge < -0.3 is 18.9 Å². The number of allylic oxidation sites excluding steroid dienone is 1. The zero-order chi connectivity index (χ0) is 25.7. The summed E-state index contributed by atoms with van der Waals surface area (Å²) in [6.45, 7) is 0. The molecule has 0 radical (unpaired) electrons. The molecule has 1 heterocycles. The molecule has 0 unspecified atom stereocenters. The molecular weight excluding hydrogens is 460 g/mol. The lowest BCUT2D eigenvalue weighted by Gasteiger charge is -2.14. The van der Waals surface area contributed by atoms with Crippen LogP contribution in [0.15, 0.2) is 83.8 Å². The average molecular weight is 487 g/mol. The lowest BCUT2D eigenvalue weighted by molar-refractivity contribution is 0.0967. The molecule has 0 amide bonds. The molecule has 4 aromatic rings. The van der Waals surface area contributed by atoms with Crippen LogP contribution in [0.2, 0.25) is 0 Å². The lowest BCUT2D eigenvalue weighted by Crippen LogP contribution is -2.27. The summed E-state index contributed by atoms with van der Waals surface area (Å²) in [5.74, 6) is 1.42. The molecular formula is C28H26N2O6. The van der Waals surface area contributed by atoms with Crippen LogP contribution in [0, 0.1) is 0 Å². The van der Waals surface area contributed by atoms with Crippen LogP contribution in [-0.4, -0.2) is 43.5 Å². The first-order valence-corrected chi connectivity index (χ1v) is 11.1. The molecule has 0 fully saturated rings. The second kappa shape index (κ2) is 10.7. The van der Waals surface area contributed by atoms with Gasteiger partial charge in [0.1, 0.15) is 5.75 Å². The van der Waals surface area contributed by atoms with Crippen LogP contribution >= 0.6 is 0 Å². The fourth-order valence-corrected chi connectivity index (χ4v) is 3.82. The molecule has 0 atom stereocenters. The molecule has 0 aliphatic carbocycles. The predicted octanol–water partition coefficient (Wildman–Crippen LogP) is 4.69. The second-order valence-electron chi connectivity index (χ2n) is 7.70. The Balaban J connectivity index is 1.86. The van der Waals surface area contributed by atoms with Crippen LogP contribution < -0.4 is 24.6 Å². The zero-order valence-corrected chi connectivity index (χ0v) is 20.4. The maximum absolute atomic E-state index is 13.5. The second-order valence-corrected chi connectivity index (χ2v) is 7.70. The Hall–Kier alpha value is -4.72. The van der Waals surface area contributed by atoms with E-state index in [0.717, 1.165) is 10.1 Å². The third kappa shape index (κ3) is 4.74. The Morgan fingerprint density at radius 3 is 2.00 bits per heavy atom. The maximum Gasteiger partial charge on any atom is 0.340 e. The quantitative estimate of drug-likeness (QED) is 0.336. The fourth-order valence-electron chi connectivity index (χ4n) is 3.82. The number of para-hydroxylation sites is 1. The molecule has 8 heteroatoms. The number of carbonyl (C=O) groups is 1. The van der Waals surface area contributed by atoms with Gasteiger partial charge in [-0.05, 0) is 48.0 Å². The first-order valence-electron chi connectivity index (χ1n) is 11.1. The number of carbonyl (C=O) groups excluding carboxylic acids is 1. The Labute approximate surface area is 208 Å². The van der Waals surface area contributed by atoms with Gasteiger partial charge in [0, 0.05) is 17.8 Å². The fraction of sp³-hybridized carbons (Fsp3) is 0.143. The molecule has 0 bridgehead atoms. The number of methoxy groups -OCH3 is 4. The van der Waals surface area contributed by atoms with E-state index in [1.807, 2.05) is 30.3 Å². The molecule has 36 heavy (non-hydrogen) atoms. The minimum absolute atomic E-state index is 0.368. The van der Waals surface area contributed by atoms with E-state index in [2.05, 4.69) is 0 Å².